The van der Waals surface area contributed by atoms with E-state index in [9.17, 15) is 4.79 Å². The third-order valence-electron chi connectivity index (χ3n) is 2.17. The van der Waals surface area contributed by atoms with Crippen molar-refractivity contribution in [3.05, 3.63) is 12.7 Å². The molecule has 3 heteroatoms. The van der Waals surface area contributed by atoms with Gasteiger partial charge in [-0.1, -0.05) is 13.0 Å². The summed E-state index contributed by atoms with van der Waals surface area (Å²) >= 11 is 0. The molecule has 11 heavy (non-hydrogen) atoms. The van der Waals surface area contributed by atoms with Crippen molar-refractivity contribution in [2.45, 2.75) is 18.9 Å². The first kappa shape index (κ1) is 8.27. The van der Waals surface area contributed by atoms with Crippen molar-refractivity contribution < 1.29 is 9.90 Å². The molecule has 1 rings (SSSR count). The van der Waals surface area contributed by atoms with Crippen LogP contribution in [0.2, 0.25) is 0 Å². The minimum atomic E-state index is -0.760. The Hall–Kier alpha value is -0.830. The van der Waals surface area contributed by atoms with Gasteiger partial charge in [0.2, 0.25) is 0 Å². The molecule has 62 valence electrons. The van der Waals surface area contributed by atoms with Gasteiger partial charge in [-0.3, -0.25) is 4.79 Å². The van der Waals surface area contributed by atoms with E-state index in [-0.39, 0.29) is 5.92 Å². The fraction of sp³-hybridized carbons (Fsp3) is 0.625. The zero-order valence-corrected chi connectivity index (χ0v) is 6.63. The third-order valence-corrected chi connectivity index (χ3v) is 2.17. The summed E-state index contributed by atoms with van der Waals surface area (Å²) in [5.41, 5.74) is -0.684. The molecule has 0 spiro atoms. The van der Waals surface area contributed by atoms with E-state index >= 15 is 0 Å². The van der Waals surface area contributed by atoms with E-state index < -0.39 is 11.5 Å². The highest BCUT2D eigenvalue weighted by atomic mass is 16.4. The number of aliphatic carboxylic acids is 1. The standard InChI is InChI=1S/C8H13NO2/c1-3-6-5-8(6,7(10)11)9-4-2/h3,6,9H,1,4-5H2,2H3,(H,10,11)/t6-,8-/m1/s1. The Labute approximate surface area is 66.1 Å². The van der Waals surface area contributed by atoms with Crippen LogP contribution in [0.5, 0.6) is 0 Å². The lowest BCUT2D eigenvalue weighted by atomic mass is 10.2. The first-order valence-electron chi connectivity index (χ1n) is 3.78. The van der Waals surface area contributed by atoms with Gasteiger partial charge in [0.1, 0.15) is 5.54 Å². The van der Waals surface area contributed by atoms with Gasteiger partial charge in [0, 0.05) is 5.92 Å². The second-order valence-corrected chi connectivity index (χ2v) is 2.85. The van der Waals surface area contributed by atoms with E-state index in [1.54, 1.807) is 6.08 Å². The Morgan fingerprint density at radius 1 is 2.00 bits per heavy atom. The van der Waals surface area contributed by atoms with E-state index in [0.29, 0.717) is 13.0 Å². The molecule has 0 aromatic carbocycles. The molecule has 0 unspecified atom stereocenters. The summed E-state index contributed by atoms with van der Waals surface area (Å²) in [6, 6.07) is 0. The molecule has 1 aliphatic carbocycles. The summed E-state index contributed by atoms with van der Waals surface area (Å²) < 4.78 is 0. The van der Waals surface area contributed by atoms with Gasteiger partial charge in [-0.15, -0.1) is 6.58 Å². The largest absolute Gasteiger partial charge is 0.480 e. The highest BCUT2D eigenvalue weighted by Gasteiger charge is 2.58. The molecule has 0 saturated heterocycles. The molecule has 1 saturated carbocycles. The number of hydrogen-bond acceptors (Lipinski definition) is 2. The Morgan fingerprint density at radius 3 is 2.91 bits per heavy atom. The first-order valence-corrected chi connectivity index (χ1v) is 3.78. The molecular formula is C8H13NO2. The van der Waals surface area contributed by atoms with Crippen molar-refractivity contribution in [2.24, 2.45) is 5.92 Å². The van der Waals surface area contributed by atoms with Crippen LogP contribution < -0.4 is 5.32 Å². The molecule has 3 nitrogen and oxygen atoms in total. The van der Waals surface area contributed by atoms with Gasteiger partial charge in [-0.25, -0.2) is 0 Å². The van der Waals surface area contributed by atoms with Crippen LogP contribution in [-0.4, -0.2) is 23.2 Å². The van der Waals surface area contributed by atoms with Crippen molar-refractivity contribution in [1.82, 2.24) is 5.32 Å². The van der Waals surface area contributed by atoms with Crippen LogP contribution in [0.4, 0.5) is 0 Å². The van der Waals surface area contributed by atoms with Crippen molar-refractivity contribution in [3.63, 3.8) is 0 Å². The molecule has 2 atom stereocenters. The molecule has 0 bridgehead atoms. The molecule has 0 heterocycles. The van der Waals surface area contributed by atoms with Crippen LogP contribution in [0.25, 0.3) is 0 Å². The van der Waals surface area contributed by atoms with Crippen LogP contribution in [0.15, 0.2) is 12.7 Å². The zero-order chi connectivity index (χ0) is 8.48. The molecule has 0 aromatic rings. The van der Waals surface area contributed by atoms with Gasteiger partial charge in [0.05, 0.1) is 0 Å². The number of nitrogens with one attached hydrogen (secondary N) is 1. The summed E-state index contributed by atoms with van der Waals surface area (Å²) in [7, 11) is 0. The topological polar surface area (TPSA) is 49.3 Å². The first-order chi connectivity index (χ1) is 5.17. The average molecular weight is 155 g/mol. The second kappa shape index (κ2) is 2.66. The number of carbonyl (C=O) groups is 1. The summed E-state index contributed by atoms with van der Waals surface area (Å²) in [5, 5.41) is 11.8. The van der Waals surface area contributed by atoms with Crippen LogP contribution in [-0.2, 0) is 4.79 Å². The average Bonchev–Trinajstić information content (AvgIpc) is 2.65. The maximum absolute atomic E-state index is 10.7. The van der Waals surface area contributed by atoms with Crippen molar-refractivity contribution in [2.75, 3.05) is 6.54 Å². The van der Waals surface area contributed by atoms with E-state index in [4.69, 9.17) is 5.11 Å². The maximum atomic E-state index is 10.7. The lowest BCUT2D eigenvalue weighted by Gasteiger charge is -2.10. The molecule has 2 N–H and O–H groups in total. The Bertz CT molecular complexity index is 191. The summed E-state index contributed by atoms with van der Waals surface area (Å²) in [5.74, 6) is -0.649. The van der Waals surface area contributed by atoms with E-state index in [0.717, 1.165) is 0 Å². The van der Waals surface area contributed by atoms with Gasteiger partial charge in [-0.2, -0.15) is 0 Å². The Balaban J connectivity index is 2.62. The van der Waals surface area contributed by atoms with Gasteiger partial charge in [0.25, 0.3) is 0 Å². The van der Waals surface area contributed by atoms with Gasteiger partial charge in [0.15, 0.2) is 0 Å². The molecule has 0 radical (unpaired) electrons. The summed E-state index contributed by atoms with van der Waals surface area (Å²) in [6.07, 6.45) is 2.39. The minimum Gasteiger partial charge on any atom is -0.480 e. The van der Waals surface area contributed by atoms with Gasteiger partial charge >= 0.3 is 5.97 Å². The molecule has 1 aliphatic rings. The molecule has 0 aliphatic heterocycles. The molecule has 1 fully saturated rings. The summed E-state index contributed by atoms with van der Waals surface area (Å²) in [4.78, 5) is 10.7. The predicted octanol–water partition coefficient (Wildman–Crippen LogP) is 0.625. The van der Waals surface area contributed by atoms with E-state index in [1.165, 1.54) is 0 Å². The smallest absolute Gasteiger partial charge is 0.324 e. The summed E-state index contributed by atoms with van der Waals surface area (Å²) in [6.45, 7) is 6.18. The molecule has 0 amide bonds. The van der Waals surface area contributed by atoms with Gasteiger partial charge < -0.3 is 10.4 Å². The maximum Gasteiger partial charge on any atom is 0.324 e. The van der Waals surface area contributed by atoms with E-state index in [1.807, 2.05) is 6.92 Å². The highest BCUT2D eigenvalue weighted by Crippen LogP contribution is 2.44. The predicted molar refractivity (Wildman–Crippen MR) is 42.3 cm³/mol. The Kier molecular flexibility index (Phi) is 2.00. The minimum absolute atomic E-state index is 0.111. The number of rotatable bonds is 4. The van der Waals surface area contributed by atoms with Crippen LogP contribution >= 0.6 is 0 Å². The number of carboxylic acids is 1. The fourth-order valence-electron chi connectivity index (χ4n) is 1.41. The number of hydrogen-bond donors (Lipinski definition) is 2. The molecule has 0 aromatic heterocycles. The second-order valence-electron chi connectivity index (χ2n) is 2.85. The third kappa shape index (κ3) is 1.16. The van der Waals surface area contributed by atoms with E-state index in [2.05, 4.69) is 11.9 Å². The zero-order valence-electron chi connectivity index (χ0n) is 6.63. The SMILES string of the molecule is C=C[C@@H]1C[C@]1(NCC)C(=O)O. The number of likely N-dealkylation sites (N-methyl/N-ethyl adjacent to an activating group) is 1. The number of carboxylic acid groups (broad SMARTS) is 1. The fourth-order valence-corrected chi connectivity index (χ4v) is 1.41. The van der Waals surface area contributed by atoms with Crippen LogP contribution in [0, 0.1) is 5.92 Å². The van der Waals surface area contributed by atoms with Crippen LogP contribution in [0.3, 0.4) is 0 Å². The van der Waals surface area contributed by atoms with Crippen molar-refractivity contribution in [1.29, 1.82) is 0 Å². The highest BCUT2D eigenvalue weighted by molar-refractivity contribution is 5.83. The molecular weight excluding hydrogens is 142 g/mol. The van der Waals surface area contributed by atoms with Crippen LogP contribution in [0.1, 0.15) is 13.3 Å². The monoisotopic (exact) mass is 155 g/mol. The van der Waals surface area contributed by atoms with Crippen molar-refractivity contribution >= 4 is 5.97 Å². The normalized spacial score (nSPS) is 34.8. The quantitative estimate of drug-likeness (QED) is 0.585. The van der Waals surface area contributed by atoms with Crippen molar-refractivity contribution in [3.8, 4) is 0 Å². The lowest BCUT2D eigenvalue weighted by molar-refractivity contribution is -0.141. The van der Waals surface area contributed by atoms with Gasteiger partial charge in [-0.05, 0) is 13.0 Å². The Morgan fingerprint density at radius 2 is 2.64 bits per heavy atom. The lowest BCUT2D eigenvalue weighted by Crippen LogP contribution is -2.40.